The molecule has 0 radical (unpaired) electrons. The molecular formula is C76H121Cl2N12NaO14. The van der Waals surface area contributed by atoms with E-state index >= 15 is 9.59 Å². The molecule has 1 saturated heterocycles. The van der Waals surface area contributed by atoms with Crippen molar-refractivity contribution in [2.75, 3.05) is 61.2 Å². The third-order valence-corrected chi connectivity index (χ3v) is 19.6. The number of anilines is 2. The third kappa shape index (κ3) is 27.4. The first-order chi connectivity index (χ1) is 48.2. The average Bonchev–Trinajstić information content (AvgIpc) is 0.791. The maximum atomic E-state index is 15.1. The van der Waals surface area contributed by atoms with E-state index in [2.05, 4.69) is 26.6 Å². The number of hydrogen-bond donors (Lipinski definition) is 6. The van der Waals surface area contributed by atoms with Crippen LogP contribution in [0.4, 0.5) is 11.4 Å². The molecule has 105 heavy (non-hydrogen) atoms. The summed E-state index contributed by atoms with van der Waals surface area (Å²) in [6, 6.07) is -2.42. The minimum atomic E-state index is -1.61. The molecule has 0 spiro atoms. The summed E-state index contributed by atoms with van der Waals surface area (Å²) in [7, 11) is 9.92. The van der Waals surface area contributed by atoms with Crippen LogP contribution in [0.25, 0.3) is 0 Å². The largest absolute Gasteiger partial charge is 1.00 e. The molecule has 6 N–H and O–H groups in total. The number of likely N-dealkylation sites (N-methyl/N-ethyl adjacent to an activating group) is 7. The number of halogens is 2. The number of carboxylic acid groups (broad SMARTS) is 1. The predicted octanol–water partition coefficient (Wildman–Crippen LogP) is 3.68. The average molecular weight is 1520 g/mol. The normalized spacial score (nSPS) is 23.6. The second-order valence-electron chi connectivity index (χ2n) is 30.1. The fraction of sp³-hybridized carbons (Fsp3) is 0.658. The zero-order valence-electron chi connectivity index (χ0n) is 67.1. The van der Waals surface area contributed by atoms with Crippen molar-refractivity contribution in [1.82, 2.24) is 55.6 Å². The van der Waals surface area contributed by atoms with Gasteiger partial charge in [0.1, 0.15) is 60.4 Å². The van der Waals surface area contributed by atoms with E-state index in [0.29, 0.717) is 27.8 Å². The monoisotopic (exact) mass is 1520 g/mol. The van der Waals surface area contributed by atoms with Gasteiger partial charge in [0.15, 0.2) is 0 Å². The first kappa shape index (κ1) is 96.2. The quantitative estimate of drug-likeness (QED) is 0.0916. The molecular weight excluding hydrogens is 1400 g/mol. The number of carboxylic acids is 1. The summed E-state index contributed by atoms with van der Waals surface area (Å²) in [4.78, 5) is 180. The summed E-state index contributed by atoms with van der Waals surface area (Å²) in [5.74, 6) is -11.0. The fourth-order valence-corrected chi connectivity index (χ4v) is 12.8. The van der Waals surface area contributed by atoms with Crippen molar-refractivity contribution in [2.24, 2.45) is 41.4 Å². The van der Waals surface area contributed by atoms with Gasteiger partial charge in [0.2, 0.25) is 65.0 Å². The summed E-state index contributed by atoms with van der Waals surface area (Å²) in [5.41, 5.74) is 1.77. The summed E-state index contributed by atoms with van der Waals surface area (Å²) < 4.78 is 0. The molecule has 584 valence electrons. The summed E-state index contributed by atoms with van der Waals surface area (Å²) in [5, 5.41) is 37.9. The Labute approximate surface area is 656 Å². The van der Waals surface area contributed by atoms with Gasteiger partial charge in [-0.3, -0.25) is 52.7 Å². The van der Waals surface area contributed by atoms with Crippen LogP contribution in [0.15, 0.2) is 48.6 Å². The van der Waals surface area contributed by atoms with E-state index < -0.39 is 162 Å². The molecule has 0 aliphatic carbocycles. The number of nitrogens with zero attached hydrogens (tertiary/aromatic N) is 7. The molecule has 26 nitrogen and oxygen atoms in total. The van der Waals surface area contributed by atoms with Gasteiger partial charge in [0, 0.05) is 60.6 Å². The molecule has 0 saturated carbocycles. The van der Waals surface area contributed by atoms with Crippen LogP contribution in [0.1, 0.15) is 172 Å². The van der Waals surface area contributed by atoms with Gasteiger partial charge in [-0.1, -0.05) is 157 Å². The Balaban J connectivity index is 0.00000235. The van der Waals surface area contributed by atoms with Crippen LogP contribution in [0, 0.1) is 48.3 Å². The standard InChI is InChI=1S/C62H111N11O12.C14H11Cl2NO2.Na/c1-25-27-28-40(15)52(75)51-56(79)65-43(26-2)58(81)67(18)33-48(74)68(19)44(29-34(3)4)55(78)66-49(38(11)12)61(84)69(20)45(30-35(5)6)54(77)63-41(16)53(76)64-42(17)57(80)70(21)46(31-36(7)8)59(82)71(22)47(32-37(9)10)60(83)72(23)50(39(13)14)62(85)73(51)24;1-8-6-7-10(15)13(12(8)16)17-11-5-3-2-4-9(11)14(18)19;/h25,27,34-47,49-52,75H,26,28-33H2,1-24H3,(H,63,77)(H,64,76)(H,65,79)(H,66,78);2-7,17H,1H3,(H,18,19);/q;;+1/p-1. The number of hydrogen-bond acceptors (Lipinski definition) is 15. The first-order valence-corrected chi connectivity index (χ1v) is 36.8. The zero-order chi connectivity index (χ0) is 80.0. The zero-order valence-corrected chi connectivity index (χ0v) is 70.6. The van der Waals surface area contributed by atoms with E-state index in [1.165, 1.54) is 93.7 Å². The van der Waals surface area contributed by atoms with E-state index in [9.17, 15) is 58.2 Å². The summed E-state index contributed by atoms with van der Waals surface area (Å²) >= 11 is 12.2. The van der Waals surface area contributed by atoms with E-state index in [0.717, 1.165) is 15.4 Å². The minimum Gasteiger partial charge on any atom is -0.545 e. The van der Waals surface area contributed by atoms with E-state index in [1.54, 1.807) is 84.9 Å². The Bertz CT molecular complexity index is 3340. The number of nitrogens with one attached hydrogen (secondary N) is 5. The smallest absolute Gasteiger partial charge is 0.545 e. The molecule has 0 aromatic heterocycles. The van der Waals surface area contributed by atoms with Crippen LogP contribution in [0.5, 0.6) is 0 Å². The van der Waals surface area contributed by atoms with Crippen molar-refractivity contribution in [1.29, 1.82) is 0 Å². The van der Waals surface area contributed by atoms with Gasteiger partial charge < -0.3 is 75.9 Å². The van der Waals surface area contributed by atoms with Crippen LogP contribution in [0.3, 0.4) is 0 Å². The Morgan fingerprint density at radius 1 is 0.562 bits per heavy atom. The van der Waals surface area contributed by atoms with Crippen molar-refractivity contribution in [3.63, 3.8) is 0 Å². The first-order valence-electron chi connectivity index (χ1n) is 36.1. The van der Waals surface area contributed by atoms with Gasteiger partial charge in [0.05, 0.1) is 34.4 Å². The van der Waals surface area contributed by atoms with Crippen molar-refractivity contribution < 1.29 is 97.3 Å². The number of carbonyl (C=O) groups is 12. The fourth-order valence-electron chi connectivity index (χ4n) is 12.4. The number of carbonyl (C=O) groups excluding carboxylic acids is 12. The van der Waals surface area contributed by atoms with Gasteiger partial charge in [0.25, 0.3) is 0 Å². The van der Waals surface area contributed by atoms with Crippen molar-refractivity contribution >= 4 is 106 Å². The molecule has 1 fully saturated rings. The second kappa shape index (κ2) is 44.5. The number of benzene rings is 2. The van der Waals surface area contributed by atoms with Gasteiger partial charge in [-0.2, -0.15) is 0 Å². The Morgan fingerprint density at radius 2 is 1.02 bits per heavy atom. The third-order valence-electron chi connectivity index (χ3n) is 18.8. The van der Waals surface area contributed by atoms with Crippen molar-refractivity contribution in [2.45, 2.75) is 230 Å². The molecule has 3 rings (SSSR count). The van der Waals surface area contributed by atoms with E-state index in [4.69, 9.17) is 23.2 Å². The number of aliphatic hydroxyl groups is 1. The van der Waals surface area contributed by atoms with E-state index in [-0.39, 0.29) is 90.9 Å². The van der Waals surface area contributed by atoms with Crippen LogP contribution in [-0.2, 0) is 52.7 Å². The van der Waals surface area contributed by atoms with Crippen molar-refractivity contribution in [3.05, 3.63) is 69.7 Å². The molecule has 29 heteroatoms. The number of aromatic carboxylic acids is 1. The topological polar surface area (TPSA) is 331 Å². The predicted molar refractivity (Wildman–Crippen MR) is 404 cm³/mol. The Hall–Kier alpha value is -6.84. The van der Waals surface area contributed by atoms with Gasteiger partial charge in [-0.25, -0.2) is 0 Å². The molecule has 1 aliphatic rings. The summed E-state index contributed by atoms with van der Waals surface area (Å²) in [6.07, 6.45) is 3.04. The second-order valence-corrected chi connectivity index (χ2v) is 30.9. The maximum Gasteiger partial charge on any atom is 1.00 e. The minimum absolute atomic E-state index is 0. The molecule has 12 atom stereocenters. The molecule has 11 amide bonds. The molecule has 0 bridgehead atoms. The van der Waals surface area contributed by atoms with E-state index in [1.807, 2.05) is 68.4 Å². The SMILES string of the molecule is CC=CCC(C)C(O)C1C(=O)NC(CC)C(=O)N(C)CC(=O)N(C)C(CC(C)C)C(=O)NC(C(C)C)C(=O)N(C)C(CC(C)C)C(=O)NC(C)C(=O)NC(C)C(=O)N(C)C(CC(C)C)C(=O)N(C)C(CC(C)C)C(=O)N(C)C(C(C)C)C(=O)N1C.Cc1ccc(Cl)c(Nc2ccccc2C(=O)[O-])c1Cl.[Na+]. The van der Waals surface area contributed by atoms with Gasteiger partial charge >= 0.3 is 29.6 Å². The number of aliphatic hydroxyl groups excluding tert-OH is 1. The van der Waals surface area contributed by atoms with Crippen LogP contribution < -0.4 is 61.2 Å². The number of para-hydroxylation sites is 1. The summed E-state index contributed by atoms with van der Waals surface area (Å²) in [6.45, 7) is 31.2. The van der Waals surface area contributed by atoms with Crippen LogP contribution in [-0.4, -0.2) is 233 Å². The van der Waals surface area contributed by atoms with Gasteiger partial charge in [-0.05, 0) is 125 Å². The van der Waals surface area contributed by atoms with Crippen LogP contribution >= 0.6 is 23.2 Å². The van der Waals surface area contributed by atoms with Crippen molar-refractivity contribution in [3.8, 4) is 0 Å². The molecule has 2 aromatic rings. The Kier molecular flexibility index (Phi) is 40.7. The van der Waals surface area contributed by atoms with Gasteiger partial charge in [-0.15, -0.1) is 0 Å². The molecule has 2 aromatic carbocycles. The molecule has 1 aliphatic heterocycles. The Morgan fingerprint density at radius 3 is 1.50 bits per heavy atom. The number of amides is 11. The molecule has 1 heterocycles. The maximum absolute atomic E-state index is 15.1. The molecule has 12 unspecified atom stereocenters. The van der Waals surface area contributed by atoms with Crippen LogP contribution in [0.2, 0.25) is 10.0 Å². The number of rotatable bonds is 18. The number of aryl methyl sites for hydroxylation is 1. The number of allylic oxidation sites excluding steroid dienone is 2.